The topological polar surface area (TPSA) is 55.1 Å². The molecule has 0 aliphatic rings. The molecule has 0 fully saturated rings. The monoisotopic (exact) mass is 298 g/mol. The van der Waals surface area contributed by atoms with Gasteiger partial charge in [-0.25, -0.2) is 4.39 Å². The molecule has 0 bridgehead atoms. The Bertz CT molecular complexity index is 647. The zero-order valence-corrected chi connectivity index (χ0v) is 11.1. The second kappa shape index (κ2) is 5.47. The van der Waals surface area contributed by atoms with Crippen LogP contribution in [0, 0.1) is 5.82 Å². The average molecular weight is 299 g/mol. The maximum absolute atomic E-state index is 12.9. The van der Waals surface area contributed by atoms with Crippen molar-refractivity contribution >= 4 is 40.5 Å². The molecular formula is C13H9Cl2FN2O. The maximum Gasteiger partial charge on any atom is 0.257 e. The van der Waals surface area contributed by atoms with Crippen molar-refractivity contribution in [2.45, 2.75) is 0 Å². The molecule has 0 saturated heterocycles. The fourth-order valence-electron chi connectivity index (χ4n) is 1.49. The molecule has 0 spiro atoms. The number of halogens is 3. The number of carbonyl (C=O) groups is 1. The lowest BCUT2D eigenvalue weighted by molar-refractivity contribution is 0.102. The van der Waals surface area contributed by atoms with Gasteiger partial charge in [-0.15, -0.1) is 0 Å². The van der Waals surface area contributed by atoms with Crippen molar-refractivity contribution in [3.63, 3.8) is 0 Å². The first-order chi connectivity index (χ1) is 8.97. The molecule has 0 aromatic heterocycles. The zero-order chi connectivity index (χ0) is 14.0. The van der Waals surface area contributed by atoms with Crippen molar-refractivity contribution in [1.29, 1.82) is 0 Å². The quantitative estimate of drug-likeness (QED) is 0.824. The molecular weight excluding hydrogens is 290 g/mol. The number of nitrogens with two attached hydrogens (primary N) is 1. The number of benzene rings is 2. The SMILES string of the molecule is Nc1cc(NC(=O)c2ccc(F)cc2Cl)ccc1Cl. The minimum Gasteiger partial charge on any atom is -0.397 e. The van der Waals surface area contributed by atoms with Gasteiger partial charge in [0.2, 0.25) is 0 Å². The molecule has 3 N–H and O–H groups in total. The lowest BCUT2D eigenvalue weighted by Gasteiger charge is -2.08. The van der Waals surface area contributed by atoms with Crippen LogP contribution >= 0.6 is 23.2 Å². The number of nitrogen functional groups attached to an aromatic ring is 1. The Balaban J connectivity index is 2.23. The summed E-state index contributed by atoms with van der Waals surface area (Å²) in [4.78, 5) is 12.0. The van der Waals surface area contributed by atoms with E-state index in [2.05, 4.69) is 5.32 Å². The predicted octanol–water partition coefficient (Wildman–Crippen LogP) is 3.97. The molecule has 0 heterocycles. The van der Waals surface area contributed by atoms with E-state index in [-0.39, 0.29) is 10.6 Å². The van der Waals surface area contributed by atoms with Gasteiger partial charge in [0, 0.05) is 5.69 Å². The zero-order valence-electron chi connectivity index (χ0n) is 9.58. The Hall–Kier alpha value is -1.78. The number of rotatable bonds is 2. The number of amides is 1. The van der Waals surface area contributed by atoms with Crippen LogP contribution in [0.5, 0.6) is 0 Å². The first kappa shape index (κ1) is 13.6. The second-order valence-electron chi connectivity index (χ2n) is 3.81. The molecule has 2 aromatic rings. The number of carbonyl (C=O) groups excluding carboxylic acids is 1. The summed E-state index contributed by atoms with van der Waals surface area (Å²) in [6.45, 7) is 0. The van der Waals surface area contributed by atoms with Crippen molar-refractivity contribution in [3.05, 3.63) is 57.8 Å². The largest absolute Gasteiger partial charge is 0.397 e. The Morgan fingerprint density at radius 1 is 1.11 bits per heavy atom. The van der Waals surface area contributed by atoms with Gasteiger partial charge < -0.3 is 11.1 Å². The van der Waals surface area contributed by atoms with Crippen LogP contribution in [0.3, 0.4) is 0 Å². The molecule has 98 valence electrons. The van der Waals surface area contributed by atoms with Gasteiger partial charge >= 0.3 is 0 Å². The minimum atomic E-state index is -0.503. The highest BCUT2D eigenvalue weighted by Crippen LogP contribution is 2.24. The van der Waals surface area contributed by atoms with Gasteiger partial charge in [0.05, 0.1) is 21.3 Å². The summed E-state index contributed by atoms with van der Waals surface area (Å²) in [5.41, 5.74) is 6.63. The lowest BCUT2D eigenvalue weighted by Crippen LogP contribution is -2.12. The molecule has 0 saturated carbocycles. The molecule has 2 rings (SSSR count). The second-order valence-corrected chi connectivity index (χ2v) is 4.63. The number of anilines is 2. The van der Waals surface area contributed by atoms with E-state index in [4.69, 9.17) is 28.9 Å². The first-order valence-corrected chi connectivity index (χ1v) is 6.04. The smallest absolute Gasteiger partial charge is 0.257 e. The summed E-state index contributed by atoms with van der Waals surface area (Å²) in [5, 5.41) is 3.04. The Morgan fingerprint density at radius 3 is 2.47 bits per heavy atom. The van der Waals surface area contributed by atoms with E-state index < -0.39 is 11.7 Å². The summed E-state index contributed by atoms with van der Waals surface area (Å²) in [5.74, 6) is -0.955. The van der Waals surface area contributed by atoms with Crippen LogP contribution in [-0.4, -0.2) is 5.91 Å². The van der Waals surface area contributed by atoms with Crippen LogP contribution in [0.2, 0.25) is 10.0 Å². The molecule has 0 unspecified atom stereocenters. The minimum absolute atomic E-state index is 0.0411. The highest BCUT2D eigenvalue weighted by atomic mass is 35.5. The number of hydrogen-bond donors (Lipinski definition) is 2. The molecule has 0 atom stereocenters. The van der Waals surface area contributed by atoms with Gasteiger partial charge in [0.1, 0.15) is 5.82 Å². The van der Waals surface area contributed by atoms with Gasteiger partial charge in [0.25, 0.3) is 5.91 Å². The standard InChI is InChI=1S/C13H9Cl2FN2O/c14-10-4-2-8(6-12(10)17)18-13(19)9-3-1-7(16)5-11(9)15/h1-6H,17H2,(H,18,19). The van der Waals surface area contributed by atoms with Crippen LogP contribution in [0.25, 0.3) is 0 Å². The van der Waals surface area contributed by atoms with Crippen LogP contribution in [-0.2, 0) is 0 Å². The molecule has 1 amide bonds. The van der Waals surface area contributed by atoms with Gasteiger partial charge in [-0.2, -0.15) is 0 Å². The Labute approximate surface area is 119 Å². The van der Waals surface area contributed by atoms with Gasteiger partial charge in [-0.3, -0.25) is 4.79 Å². The first-order valence-electron chi connectivity index (χ1n) is 5.29. The molecule has 2 aromatic carbocycles. The summed E-state index contributed by atoms with van der Waals surface area (Å²) < 4.78 is 12.9. The Morgan fingerprint density at radius 2 is 1.84 bits per heavy atom. The van der Waals surface area contributed by atoms with Crippen molar-refractivity contribution in [2.75, 3.05) is 11.1 Å². The van der Waals surface area contributed by atoms with Gasteiger partial charge in [-0.05, 0) is 36.4 Å². The third-order valence-corrected chi connectivity index (χ3v) is 3.09. The summed E-state index contributed by atoms with van der Waals surface area (Å²) in [6, 6.07) is 8.25. The molecule has 3 nitrogen and oxygen atoms in total. The van der Waals surface area contributed by atoms with E-state index in [9.17, 15) is 9.18 Å². The van der Waals surface area contributed by atoms with Crippen molar-refractivity contribution < 1.29 is 9.18 Å². The van der Waals surface area contributed by atoms with Gasteiger partial charge in [-0.1, -0.05) is 23.2 Å². The van der Waals surface area contributed by atoms with E-state index in [0.717, 1.165) is 12.1 Å². The fourth-order valence-corrected chi connectivity index (χ4v) is 1.86. The van der Waals surface area contributed by atoms with Crippen molar-refractivity contribution in [3.8, 4) is 0 Å². The summed E-state index contributed by atoms with van der Waals surface area (Å²) in [7, 11) is 0. The third kappa shape index (κ3) is 3.16. The van der Waals surface area contributed by atoms with Crippen LogP contribution in [0.15, 0.2) is 36.4 Å². The van der Waals surface area contributed by atoms with E-state index in [1.165, 1.54) is 12.1 Å². The van der Waals surface area contributed by atoms with Crippen LogP contribution in [0.1, 0.15) is 10.4 Å². The molecule has 0 radical (unpaired) electrons. The molecule has 6 heteroatoms. The average Bonchev–Trinajstić information content (AvgIpc) is 2.33. The predicted molar refractivity (Wildman–Crippen MR) is 75.2 cm³/mol. The van der Waals surface area contributed by atoms with E-state index in [1.54, 1.807) is 12.1 Å². The van der Waals surface area contributed by atoms with Crippen molar-refractivity contribution in [2.24, 2.45) is 0 Å². The lowest BCUT2D eigenvalue weighted by atomic mass is 10.2. The van der Waals surface area contributed by atoms with E-state index in [1.807, 2.05) is 0 Å². The summed E-state index contributed by atoms with van der Waals surface area (Å²) in [6.07, 6.45) is 0. The Kier molecular flexibility index (Phi) is 3.93. The maximum atomic E-state index is 12.9. The number of nitrogens with one attached hydrogen (secondary N) is 1. The molecule has 0 aliphatic heterocycles. The highest BCUT2D eigenvalue weighted by molar-refractivity contribution is 6.34. The fraction of sp³-hybridized carbons (Fsp3) is 0. The molecule has 0 aliphatic carbocycles. The third-order valence-electron chi connectivity index (χ3n) is 2.43. The van der Waals surface area contributed by atoms with E-state index in [0.29, 0.717) is 16.4 Å². The number of hydrogen-bond acceptors (Lipinski definition) is 2. The van der Waals surface area contributed by atoms with E-state index >= 15 is 0 Å². The normalized spacial score (nSPS) is 10.3. The van der Waals surface area contributed by atoms with Crippen LogP contribution < -0.4 is 11.1 Å². The molecule has 19 heavy (non-hydrogen) atoms. The van der Waals surface area contributed by atoms with Crippen LogP contribution in [0.4, 0.5) is 15.8 Å². The summed E-state index contributed by atoms with van der Waals surface area (Å²) >= 11 is 11.6. The van der Waals surface area contributed by atoms with Gasteiger partial charge in [0.15, 0.2) is 0 Å². The van der Waals surface area contributed by atoms with Crippen molar-refractivity contribution in [1.82, 2.24) is 0 Å². The highest BCUT2D eigenvalue weighted by Gasteiger charge is 2.11.